The van der Waals surface area contributed by atoms with Crippen LogP contribution in [0.15, 0.2) is 16.9 Å². The van der Waals surface area contributed by atoms with E-state index in [1.807, 2.05) is 0 Å². The first-order valence-corrected chi connectivity index (χ1v) is 6.05. The first kappa shape index (κ1) is 12.2. The maximum atomic E-state index is 11.8. The van der Waals surface area contributed by atoms with Crippen LogP contribution in [-0.2, 0) is 0 Å². The van der Waals surface area contributed by atoms with E-state index in [0.717, 1.165) is 11.7 Å². The fourth-order valence-electron chi connectivity index (χ4n) is 1.72. The number of aromatic amines is 1. The van der Waals surface area contributed by atoms with Gasteiger partial charge in [-0.25, -0.2) is 9.78 Å². The summed E-state index contributed by atoms with van der Waals surface area (Å²) in [5.74, 6) is -0.971. The Hall–Kier alpha value is -2.88. The topological polar surface area (TPSA) is 144 Å². The van der Waals surface area contributed by atoms with Crippen molar-refractivity contribution < 1.29 is 9.59 Å². The molecule has 2 heterocycles. The quantitative estimate of drug-likeness (QED) is 0.563. The van der Waals surface area contributed by atoms with Crippen LogP contribution in [0.3, 0.4) is 0 Å². The van der Waals surface area contributed by atoms with E-state index in [0.29, 0.717) is 22.1 Å². The van der Waals surface area contributed by atoms with Crippen molar-refractivity contribution in [2.75, 3.05) is 0 Å². The molecular formula is C10H6N6O3S. The number of benzene rings is 1. The molecule has 3 amide bonds. The lowest BCUT2D eigenvalue weighted by molar-refractivity contribution is 0.0960. The third-order valence-electron chi connectivity index (χ3n) is 2.54. The van der Waals surface area contributed by atoms with Gasteiger partial charge in [0.2, 0.25) is 0 Å². The summed E-state index contributed by atoms with van der Waals surface area (Å²) in [6, 6.07) is 2.23. The van der Waals surface area contributed by atoms with Crippen molar-refractivity contribution in [2.24, 2.45) is 5.73 Å². The van der Waals surface area contributed by atoms with Crippen molar-refractivity contribution >= 4 is 45.7 Å². The molecule has 0 aliphatic rings. The lowest BCUT2D eigenvalue weighted by Gasteiger charge is -2.02. The predicted octanol–water partition coefficient (Wildman–Crippen LogP) is -0.264. The van der Waals surface area contributed by atoms with E-state index in [9.17, 15) is 14.4 Å². The average molecular weight is 290 g/mol. The van der Waals surface area contributed by atoms with Gasteiger partial charge in [0.05, 0.1) is 17.2 Å². The molecule has 20 heavy (non-hydrogen) atoms. The molecular weight excluding hydrogens is 284 g/mol. The standard InChI is InChI=1S/C10H6N6O3S/c11-10(19)14-9(18)7-8(17)12-3-1-2-4-6(5(3)13-7)16-20-15-4/h1-2H,(H,12,17)(H3,11,14,18,19). The minimum absolute atomic E-state index is 0.325. The van der Waals surface area contributed by atoms with Crippen LogP contribution in [0.25, 0.3) is 22.1 Å². The molecule has 3 aromatic rings. The second-order valence-electron chi connectivity index (χ2n) is 3.83. The number of imide groups is 1. The van der Waals surface area contributed by atoms with Gasteiger partial charge in [0.15, 0.2) is 5.69 Å². The molecule has 4 N–H and O–H groups in total. The van der Waals surface area contributed by atoms with Crippen LogP contribution in [0.5, 0.6) is 0 Å². The lowest BCUT2D eigenvalue weighted by Crippen LogP contribution is -2.38. The summed E-state index contributed by atoms with van der Waals surface area (Å²) >= 11 is 0.990. The zero-order valence-corrected chi connectivity index (χ0v) is 10.5. The molecule has 0 saturated heterocycles. The Morgan fingerprint density at radius 3 is 2.80 bits per heavy atom. The molecule has 0 saturated carbocycles. The van der Waals surface area contributed by atoms with Crippen LogP contribution in [0, 0.1) is 0 Å². The van der Waals surface area contributed by atoms with Gasteiger partial charge in [-0.2, -0.15) is 8.75 Å². The highest BCUT2D eigenvalue weighted by atomic mass is 32.1. The minimum atomic E-state index is -1.06. The zero-order valence-electron chi connectivity index (χ0n) is 9.71. The number of nitrogens with one attached hydrogen (secondary N) is 2. The molecule has 0 aliphatic carbocycles. The van der Waals surface area contributed by atoms with Gasteiger partial charge in [0, 0.05) is 0 Å². The van der Waals surface area contributed by atoms with Crippen molar-refractivity contribution in [3.05, 3.63) is 28.2 Å². The first-order chi connectivity index (χ1) is 9.56. The van der Waals surface area contributed by atoms with Crippen molar-refractivity contribution in [2.45, 2.75) is 0 Å². The third-order valence-corrected chi connectivity index (χ3v) is 3.08. The molecule has 3 rings (SSSR count). The summed E-state index contributed by atoms with van der Waals surface area (Å²) in [7, 11) is 0. The van der Waals surface area contributed by atoms with Crippen molar-refractivity contribution in [1.29, 1.82) is 0 Å². The molecule has 0 unspecified atom stereocenters. The van der Waals surface area contributed by atoms with Crippen LogP contribution in [-0.4, -0.2) is 30.7 Å². The molecule has 0 atom stereocenters. The van der Waals surface area contributed by atoms with Crippen LogP contribution >= 0.6 is 11.7 Å². The number of H-pyrrole nitrogens is 1. The number of nitrogens with zero attached hydrogens (tertiary/aromatic N) is 3. The number of carbonyl (C=O) groups is 2. The zero-order chi connectivity index (χ0) is 14.3. The molecule has 0 bridgehead atoms. The second-order valence-corrected chi connectivity index (χ2v) is 4.36. The highest BCUT2D eigenvalue weighted by Crippen LogP contribution is 2.19. The van der Waals surface area contributed by atoms with Gasteiger partial charge >= 0.3 is 6.03 Å². The molecule has 1 aromatic carbocycles. The fraction of sp³-hybridized carbons (Fsp3) is 0. The number of carbonyl (C=O) groups excluding carboxylic acids is 2. The Labute approximate surface area is 114 Å². The van der Waals surface area contributed by atoms with E-state index in [4.69, 9.17) is 5.73 Å². The van der Waals surface area contributed by atoms with Crippen LogP contribution < -0.4 is 16.6 Å². The number of hydrogen-bond acceptors (Lipinski definition) is 7. The van der Waals surface area contributed by atoms with Gasteiger partial charge in [0.1, 0.15) is 16.6 Å². The van der Waals surface area contributed by atoms with E-state index in [2.05, 4.69) is 18.7 Å². The molecule has 2 aromatic heterocycles. The summed E-state index contributed by atoms with van der Waals surface area (Å²) in [5.41, 5.74) is 5.47. The fourth-order valence-corrected chi connectivity index (χ4v) is 2.26. The largest absolute Gasteiger partial charge is 0.351 e. The third kappa shape index (κ3) is 1.87. The lowest BCUT2D eigenvalue weighted by atomic mass is 10.2. The summed E-state index contributed by atoms with van der Waals surface area (Å²) in [5, 5.41) is 1.79. The number of rotatable bonds is 1. The number of amides is 3. The Balaban J connectivity index is 2.28. The normalized spacial score (nSPS) is 10.8. The van der Waals surface area contributed by atoms with Gasteiger partial charge in [-0.1, -0.05) is 0 Å². The van der Waals surface area contributed by atoms with E-state index in [1.165, 1.54) is 0 Å². The Kier molecular flexibility index (Phi) is 2.64. The molecule has 0 spiro atoms. The highest BCUT2D eigenvalue weighted by Gasteiger charge is 2.17. The van der Waals surface area contributed by atoms with E-state index in [-0.39, 0.29) is 0 Å². The molecule has 10 heteroatoms. The smallest absolute Gasteiger partial charge is 0.319 e. The number of hydrogen-bond donors (Lipinski definition) is 3. The summed E-state index contributed by atoms with van der Waals surface area (Å²) in [4.78, 5) is 40.6. The first-order valence-electron chi connectivity index (χ1n) is 5.32. The van der Waals surface area contributed by atoms with Crippen LogP contribution in [0.4, 0.5) is 4.79 Å². The Bertz CT molecular complexity index is 914. The second kappa shape index (κ2) is 4.35. The predicted molar refractivity (Wildman–Crippen MR) is 70.4 cm³/mol. The molecule has 0 radical (unpaired) electrons. The maximum absolute atomic E-state index is 11.8. The highest BCUT2D eigenvalue weighted by molar-refractivity contribution is 7.00. The number of fused-ring (bicyclic) bond motifs is 3. The van der Waals surface area contributed by atoms with Crippen molar-refractivity contribution in [1.82, 2.24) is 24.0 Å². The van der Waals surface area contributed by atoms with E-state index in [1.54, 1.807) is 17.4 Å². The maximum Gasteiger partial charge on any atom is 0.319 e. The summed E-state index contributed by atoms with van der Waals surface area (Å²) in [6.45, 7) is 0. The summed E-state index contributed by atoms with van der Waals surface area (Å²) < 4.78 is 8.10. The Morgan fingerprint density at radius 2 is 2.05 bits per heavy atom. The molecule has 100 valence electrons. The number of primary amides is 1. The van der Waals surface area contributed by atoms with Gasteiger partial charge in [-0.3, -0.25) is 14.9 Å². The SMILES string of the molecule is NC(=O)NC(=O)c1nc2c(ccc3nsnc32)[nH]c1=O. The van der Waals surface area contributed by atoms with Crippen LogP contribution in [0.1, 0.15) is 10.5 Å². The van der Waals surface area contributed by atoms with Crippen molar-refractivity contribution in [3.63, 3.8) is 0 Å². The number of nitrogens with two attached hydrogens (primary N) is 1. The minimum Gasteiger partial charge on any atom is -0.351 e. The van der Waals surface area contributed by atoms with Gasteiger partial charge < -0.3 is 10.7 Å². The van der Waals surface area contributed by atoms with E-state index >= 15 is 0 Å². The van der Waals surface area contributed by atoms with Crippen LogP contribution in [0.2, 0.25) is 0 Å². The van der Waals surface area contributed by atoms with Gasteiger partial charge in [0.25, 0.3) is 11.5 Å². The van der Waals surface area contributed by atoms with Gasteiger partial charge in [-0.15, -0.1) is 0 Å². The van der Waals surface area contributed by atoms with E-state index < -0.39 is 23.2 Å². The number of aromatic nitrogens is 4. The monoisotopic (exact) mass is 290 g/mol. The Morgan fingerprint density at radius 1 is 1.25 bits per heavy atom. The average Bonchev–Trinajstić information content (AvgIpc) is 2.85. The molecule has 9 nitrogen and oxygen atoms in total. The number of urea groups is 1. The molecule has 0 aliphatic heterocycles. The van der Waals surface area contributed by atoms with Crippen molar-refractivity contribution in [3.8, 4) is 0 Å². The molecule has 0 fully saturated rings. The van der Waals surface area contributed by atoms with Gasteiger partial charge in [-0.05, 0) is 12.1 Å². The summed E-state index contributed by atoms with van der Waals surface area (Å²) in [6.07, 6.45) is 0.